The van der Waals surface area contributed by atoms with Crippen LogP contribution in [0.25, 0.3) is 0 Å². The molecule has 112 valence electrons. The minimum Gasteiger partial charge on any atom is -0.305 e. The molecule has 0 aromatic heterocycles. The Kier molecular flexibility index (Phi) is 3.67. The maximum Gasteiger partial charge on any atom is 0.257 e. The summed E-state index contributed by atoms with van der Waals surface area (Å²) >= 11 is 7.46. The molecule has 0 aliphatic carbocycles. The standard InChI is InChI=1S/C13H14ClN3O2S2/c1-8-3-4-10(7-9(8)2)16-21(18,19)12-11(14)15-13-17(12)5-6-20-13/h3-7,11-12,16H,1-2H3. The second-order valence-electron chi connectivity index (χ2n) is 4.93. The van der Waals surface area contributed by atoms with Crippen molar-refractivity contribution >= 4 is 44.2 Å². The Labute approximate surface area is 133 Å². The van der Waals surface area contributed by atoms with Gasteiger partial charge in [-0.3, -0.25) is 4.72 Å². The molecule has 1 N–H and O–H groups in total. The van der Waals surface area contributed by atoms with Crippen LogP contribution in [0.1, 0.15) is 11.1 Å². The van der Waals surface area contributed by atoms with Gasteiger partial charge in [-0.15, -0.1) is 0 Å². The van der Waals surface area contributed by atoms with Crippen molar-refractivity contribution in [3.8, 4) is 0 Å². The molecule has 0 amide bonds. The summed E-state index contributed by atoms with van der Waals surface area (Å²) in [5, 5.41) is 1.48. The van der Waals surface area contributed by atoms with E-state index in [1.807, 2.05) is 19.9 Å². The first-order valence-electron chi connectivity index (χ1n) is 6.31. The molecule has 2 unspecified atom stereocenters. The topological polar surface area (TPSA) is 61.8 Å². The molecule has 0 radical (unpaired) electrons. The molecule has 3 rings (SSSR count). The summed E-state index contributed by atoms with van der Waals surface area (Å²) in [7, 11) is -3.68. The molecule has 0 fully saturated rings. The SMILES string of the molecule is Cc1ccc(NS(=O)(=O)C2C(Cl)N=C3SC=CN32)cc1C. The normalized spacial score (nSPS) is 24.1. The Balaban J connectivity index is 1.87. The van der Waals surface area contributed by atoms with Crippen molar-refractivity contribution in [1.82, 2.24) is 4.90 Å². The molecule has 5 nitrogen and oxygen atoms in total. The number of nitrogens with zero attached hydrogens (tertiary/aromatic N) is 2. The van der Waals surface area contributed by atoms with E-state index in [-0.39, 0.29) is 0 Å². The zero-order valence-electron chi connectivity index (χ0n) is 11.4. The van der Waals surface area contributed by atoms with E-state index in [9.17, 15) is 8.42 Å². The summed E-state index contributed by atoms with van der Waals surface area (Å²) in [5.41, 5.74) is 1.85. The number of nitrogens with one attached hydrogen (secondary N) is 1. The van der Waals surface area contributed by atoms with Crippen LogP contribution in [0.2, 0.25) is 0 Å². The lowest BCUT2D eigenvalue weighted by molar-refractivity contribution is 0.504. The first-order chi connectivity index (χ1) is 9.88. The number of aryl methyl sites for hydroxylation is 2. The van der Waals surface area contributed by atoms with Gasteiger partial charge in [0.25, 0.3) is 10.0 Å². The molecule has 2 heterocycles. The van der Waals surface area contributed by atoms with E-state index in [0.717, 1.165) is 11.1 Å². The highest BCUT2D eigenvalue weighted by Gasteiger charge is 2.45. The fraction of sp³-hybridized carbons (Fsp3) is 0.308. The van der Waals surface area contributed by atoms with Crippen LogP contribution in [-0.2, 0) is 10.0 Å². The molecule has 0 spiro atoms. The van der Waals surface area contributed by atoms with Gasteiger partial charge in [0.2, 0.25) is 0 Å². The molecule has 1 aromatic carbocycles. The molecule has 21 heavy (non-hydrogen) atoms. The molecule has 0 saturated carbocycles. The third-order valence-electron chi connectivity index (χ3n) is 3.44. The van der Waals surface area contributed by atoms with Gasteiger partial charge >= 0.3 is 0 Å². The van der Waals surface area contributed by atoms with Gasteiger partial charge < -0.3 is 4.90 Å². The maximum atomic E-state index is 12.6. The zero-order valence-corrected chi connectivity index (χ0v) is 13.8. The molecule has 2 aliphatic heterocycles. The van der Waals surface area contributed by atoms with Crippen LogP contribution in [0.5, 0.6) is 0 Å². The summed E-state index contributed by atoms with van der Waals surface area (Å²) < 4.78 is 27.8. The van der Waals surface area contributed by atoms with Crippen LogP contribution in [-0.4, -0.2) is 29.4 Å². The van der Waals surface area contributed by atoms with Crippen LogP contribution in [0.4, 0.5) is 5.69 Å². The molecule has 8 heteroatoms. The second kappa shape index (κ2) is 5.23. The number of fused-ring (bicyclic) bond motifs is 1. The van der Waals surface area contributed by atoms with Gasteiger partial charge in [0.1, 0.15) is 0 Å². The predicted molar refractivity (Wildman–Crippen MR) is 87.9 cm³/mol. The van der Waals surface area contributed by atoms with E-state index in [1.165, 1.54) is 11.8 Å². The van der Waals surface area contributed by atoms with E-state index in [2.05, 4.69) is 9.71 Å². The summed E-state index contributed by atoms with van der Waals surface area (Å²) in [6, 6.07) is 5.43. The van der Waals surface area contributed by atoms with Crippen molar-refractivity contribution in [3.63, 3.8) is 0 Å². The monoisotopic (exact) mass is 343 g/mol. The van der Waals surface area contributed by atoms with Crippen molar-refractivity contribution in [2.75, 3.05) is 4.72 Å². The van der Waals surface area contributed by atoms with Crippen LogP contribution in [0.3, 0.4) is 0 Å². The number of aliphatic imine (C=N–C) groups is 1. The molecular weight excluding hydrogens is 330 g/mol. The largest absolute Gasteiger partial charge is 0.305 e. The molecule has 2 aliphatic rings. The van der Waals surface area contributed by atoms with E-state index in [1.54, 1.807) is 28.6 Å². The first-order valence-corrected chi connectivity index (χ1v) is 9.17. The van der Waals surface area contributed by atoms with Gasteiger partial charge in [-0.05, 0) is 42.5 Å². The number of rotatable bonds is 3. The van der Waals surface area contributed by atoms with Gasteiger partial charge in [0.05, 0.1) is 0 Å². The van der Waals surface area contributed by atoms with Gasteiger partial charge in [-0.25, -0.2) is 13.4 Å². The summed E-state index contributed by atoms with van der Waals surface area (Å²) in [4.78, 5) is 5.75. The quantitative estimate of drug-likeness (QED) is 0.677. The van der Waals surface area contributed by atoms with E-state index >= 15 is 0 Å². The van der Waals surface area contributed by atoms with E-state index in [4.69, 9.17) is 11.6 Å². The summed E-state index contributed by atoms with van der Waals surface area (Å²) in [5.74, 6) is 0. The lowest BCUT2D eigenvalue weighted by Gasteiger charge is -2.23. The lowest BCUT2D eigenvalue weighted by atomic mass is 10.1. The van der Waals surface area contributed by atoms with Crippen LogP contribution in [0, 0.1) is 13.8 Å². The lowest BCUT2D eigenvalue weighted by Crippen LogP contribution is -2.42. The Morgan fingerprint density at radius 3 is 2.81 bits per heavy atom. The minimum atomic E-state index is -3.68. The molecular formula is C13H14ClN3O2S2. The van der Waals surface area contributed by atoms with Crippen LogP contribution in [0.15, 0.2) is 34.8 Å². The van der Waals surface area contributed by atoms with Gasteiger partial charge in [-0.2, -0.15) is 0 Å². The number of anilines is 1. The van der Waals surface area contributed by atoms with Crippen LogP contribution >= 0.6 is 23.4 Å². The third kappa shape index (κ3) is 2.65. The zero-order chi connectivity index (χ0) is 15.2. The highest BCUT2D eigenvalue weighted by molar-refractivity contribution is 8.16. The fourth-order valence-corrected chi connectivity index (χ4v) is 5.13. The van der Waals surface area contributed by atoms with Crippen molar-refractivity contribution in [3.05, 3.63) is 40.9 Å². The number of halogens is 1. The van der Waals surface area contributed by atoms with Crippen molar-refractivity contribution in [2.24, 2.45) is 4.99 Å². The smallest absolute Gasteiger partial charge is 0.257 e. The molecule has 2 atom stereocenters. The number of thioether (sulfide) groups is 1. The Morgan fingerprint density at radius 1 is 1.33 bits per heavy atom. The molecule has 0 bridgehead atoms. The van der Waals surface area contributed by atoms with Crippen molar-refractivity contribution < 1.29 is 8.42 Å². The summed E-state index contributed by atoms with van der Waals surface area (Å²) in [6.07, 6.45) is 1.69. The minimum absolute atomic E-state index is 0.534. The number of alkyl halides is 1. The number of sulfonamides is 1. The maximum absolute atomic E-state index is 12.6. The number of hydrogen-bond acceptors (Lipinski definition) is 5. The van der Waals surface area contributed by atoms with Crippen molar-refractivity contribution in [1.29, 1.82) is 0 Å². The Hall–Kier alpha value is -1.18. The predicted octanol–water partition coefficient (Wildman–Crippen LogP) is 2.83. The number of benzene rings is 1. The number of hydrogen-bond donors (Lipinski definition) is 1. The van der Waals surface area contributed by atoms with E-state index in [0.29, 0.717) is 10.9 Å². The van der Waals surface area contributed by atoms with Gasteiger partial charge in [0, 0.05) is 11.9 Å². The van der Waals surface area contributed by atoms with Gasteiger partial charge in [-0.1, -0.05) is 29.4 Å². The fourth-order valence-electron chi connectivity index (χ4n) is 2.20. The summed E-state index contributed by atoms with van der Waals surface area (Å²) in [6.45, 7) is 3.92. The Bertz CT molecular complexity index is 746. The highest BCUT2D eigenvalue weighted by atomic mass is 35.5. The van der Waals surface area contributed by atoms with Crippen LogP contribution < -0.4 is 4.72 Å². The highest BCUT2D eigenvalue weighted by Crippen LogP contribution is 2.35. The van der Waals surface area contributed by atoms with E-state index < -0.39 is 20.9 Å². The first kappa shape index (κ1) is 14.7. The van der Waals surface area contributed by atoms with Crippen molar-refractivity contribution in [2.45, 2.75) is 24.7 Å². The molecule has 1 aromatic rings. The molecule has 0 saturated heterocycles. The van der Waals surface area contributed by atoms with Gasteiger partial charge in [0.15, 0.2) is 16.0 Å². The average Bonchev–Trinajstić information content (AvgIpc) is 2.92. The average molecular weight is 344 g/mol. The number of amidine groups is 1. The second-order valence-corrected chi connectivity index (χ2v) is 8.03. The Morgan fingerprint density at radius 2 is 2.10 bits per heavy atom. The third-order valence-corrected chi connectivity index (χ3v) is 6.36.